The average molecular weight is 405 g/mol. The summed E-state index contributed by atoms with van der Waals surface area (Å²) < 4.78 is 0.702. The summed E-state index contributed by atoms with van der Waals surface area (Å²) in [6.07, 6.45) is 0. The lowest BCUT2D eigenvalue weighted by Crippen LogP contribution is -2.32. The molecular weight excluding hydrogens is 384 g/mol. The number of hydrogen-bond acceptors (Lipinski definition) is 3. The van der Waals surface area contributed by atoms with Crippen LogP contribution in [-0.4, -0.2) is 34.9 Å². The molecule has 0 bridgehead atoms. The lowest BCUT2D eigenvalue weighted by molar-refractivity contribution is 0.0754. The summed E-state index contributed by atoms with van der Waals surface area (Å²) in [6.45, 7) is 4.22. The number of nitrogens with zero attached hydrogens (tertiary/aromatic N) is 1. The van der Waals surface area contributed by atoms with E-state index in [1.165, 1.54) is 6.07 Å². The average Bonchev–Trinajstić information content (AvgIpc) is 2.58. The highest BCUT2D eigenvalue weighted by Crippen LogP contribution is 2.22. The predicted molar refractivity (Wildman–Crippen MR) is 101 cm³/mol. The summed E-state index contributed by atoms with van der Waals surface area (Å²) in [4.78, 5) is 26.1. The summed E-state index contributed by atoms with van der Waals surface area (Å²) in [5, 5.41) is 12.6. The van der Waals surface area contributed by atoms with E-state index in [2.05, 4.69) is 21.2 Å². The monoisotopic (exact) mass is 404 g/mol. The number of carbonyl (C=O) groups is 2. The zero-order valence-electron chi connectivity index (χ0n) is 14.4. The standard InChI is InChI=1S/C19H21BrN2O3/c1-12(2)22(3)19(25)14-6-4-13(5-7-14)11-21-18(24)16-9-8-15(20)10-17(16)23/h4-10,12,23H,11H2,1-3H3,(H,21,24). The van der Waals surface area contributed by atoms with Crippen LogP contribution in [-0.2, 0) is 6.54 Å². The number of phenols is 1. The fraction of sp³-hybridized carbons (Fsp3) is 0.263. The Morgan fingerprint density at radius 1 is 1.16 bits per heavy atom. The van der Waals surface area contributed by atoms with Gasteiger partial charge in [0.25, 0.3) is 11.8 Å². The Balaban J connectivity index is 2.00. The molecule has 132 valence electrons. The van der Waals surface area contributed by atoms with Gasteiger partial charge in [0.1, 0.15) is 5.75 Å². The van der Waals surface area contributed by atoms with Crippen molar-refractivity contribution < 1.29 is 14.7 Å². The van der Waals surface area contributed by atoms with Crippen molar-refractivity contribution in [3.05, 3.63) is 63.6 Å². The largest absolute Gasteiger partial charge is 0.507 e. The molecule has 0 aliphatic carbocycles. The molecule has 0 heterocycles. The molecule has 2 N–H and O–H groups in total. The van der Waals surface area contributed by atoms with Gasteiger partial charge in [0.05, 0.1) is 5.56 Å². The van der Waals surface area contributed by atoms with Crippen molar-refractivity contribution in [3.63, 3.8) is 0 Å². The first-order valence-electron chi connectivity index (χ1n) is 7.92. The molecule has 0 radical (unpaired) electrons. The molecule has 2 amide bonds. The minimum absolute atomic E-state index is 0.0367. The van der Waals surface area contributed by atoms with Crippen molar-refractivity contribution in [3.8, 4) is 5.75 Å². The molecule has 25 heavy (non-hydrogen) atoms. The molecule has 0 saturated carbocycles. The molecule has 6 heteroatoms. The van der Waals surface area contributed by atoms with E-state index in [-0.39, 0.29) is 29.2 Å². The van der Waals surface area contributed by atoms with E-state index in [4.69, 9.17) is 0 Å². The quantitative estimate of drug-likeness (QED) is 0.799. The number of nitrogens with one attached hydrogen (secondary N) is 1. The van der Waals surface area contributed by atoms with Crippen LogP contribution < -0.4 is 5.32 Å². The predicted octanol–water partition coefficient (Wildman–Crippen LogP) is 3.57. The lowest BCUT2D eigenvalue weighted by Gasteiger charge is -2.21. The highest BCUT2D eigenvalue weighted by molar-refractivity contribution is 9.10. The molecule has 0 aliphatic rings. The normalized spacial score (nSPS) is 10.6. The van der Waals surface area contributed by atoms with Crippen LogP contribution in [0.1, 0.15) is 40.1 Å². The van der Waals surface area contributed by atoms with Gasteiger partial charge >= 0.3 is 0 Å². The number of phenolic OH excluding ortho intramolecular Hbond substituents is 1. The van der Waals surface area contributed by atoms with E-state index in [1.54, 1.807) is 36.2 Å². The van der Waals surface area contributed by atoms with Crippen LogP contribution in [0.4, 0.5) is 0 Å². The summed E-state index contributed by atoms with van der Waals surface area (Å²) in [6, 6.07) is 12.0. The number of hydrogen-bond donors (Lipinski definition) is 2. The summed E-state index contributed by atoms with van der Waals surface area (Å²) >= 11 is 3.24. The van der Waals surface area contributed by atoms with E-state index >= 15 is 0 Å². The van der Waals surface area contributed by atoms with Gasteiger partial charge in [-0.3, -0.25) is 9.59 Å². The van der Waals surface area contributed by atoms with Crippen molar-refractivity contribution >= 4 is 27.7 Å². The maximum absolute atomic E-state index is 12.2. The van der Waals surface area contributed by atoms with Crippen molar-refractivity contribution in [1.82, 2.24) is 10.2 Å². The van der Waals surface area contributed by atoms with Crippen LogP contribution >= 0.6 is 15.9 Å². The fourth-order valence-electron chi connectivity index (χ4n) is 2.18. The topological polar surface area (TPSA) is 69.6 Å². The van der Waals surface area contributed by atoms with Gasteiger partial charge in [-0.05, 0) is 49.7 Å². The van der Waals surface area contributed by atoms with Gasteiger partial charge in [0.15, 0.2) is 0 Å². The first kappa shape index (κ1) is 19.0. The van der Waals surface area contributed by atoms with E-state index in [0.29, 0.717) is 16.6 Å². The second kappa shape index (κ2) is 8.16. The molecule has 2 rings (SSSR count). The zero-order valence-corrected chi connectivity index (χ0v) is 16.0. The molecule has 2 aromatic rings. The van der Waals surface area contributed by atoms with Crippen LogP contribution in [0.3, 0.4) is 0 Å². The Morgan fingerprint density at radius 2 is 1.80 bits per heavy atom. The first-order chi connectivity index (χ1) is 11.8. The minimum atomic E-state index is -0.357. The Hall–Kier alpha value is -2.34. The van der Waals surface area contributed by atoms with Crippen molar-refractivity contribution in [2.45, 2.75) is 26.4 Å². The van der Waals surface area contributed by atoms with Gasteiger partial charge in [-0.15, -0.1) is 0 Å². The number of carbonyl (C=O) groups excluding carboxylic acids is 2. The molecule has 0 aliphatic heterocycles. The van der Waals surface area contributed by atoms with Gasteiger partial charge in [-0.1, -0.05) is 28.1 Å². The third-order valence-corrected chi connectivity index (χ3v) is 4.45. The summed E-state index contributed by atoms with van der Waals surface area (Å²) in [7, 11) is 1.77. The maximum Gasteiger partial charge on any atom is 0.255 e. The van der Waals surface area contributed by atoms with Crippen LogP contribution in [0.25, 0.3) is 0 Å². The summed E-state index contributed by atoms with van der Waals surface area (Å²) in [5.41, 5.74) is 1.69. The van der Waals surface area contributed by atoms with Crippen LogP contribution in [0.5, 0.6) is 5.75 Å². The molecule has 5 nitrogen and oxygen atoms in total. The Morgan fingerprint density at radius 3 is 2.36 bits per heavy atom. The van der Waals surface area contributed by atoms with Gasteiger partial charge in [-0.2, -0.15) is 0 Å². The Labute approximate surface area is 155 Å². The Bertz CT molecular complexity index is 773. The molecule has 0 atom stereocenters. The fourth-order valence-corrected chi connectivity index (χ4v) is 2.53. The van der Waals surface area contributed by atoms with E-state index in [9.17, 15) is 14.7 Å². The second-order valence-corrected chi connectivity index (χ2v) is 6.97. The van der Waals surface area contributed by atoms with E-state index in [0.717, 1.165) is 5.56 Å². The third-order valence-electron chi connectivity index (χ3n) is 3.95. The number of amides is 2. The molecule has 0 spiro atoms. The van der Waals surface area contributed by atoms with Crippen LogP contribution in [0.2, 0.25) is 0 Å². The molecule has 2 aromatic carbocycles. The second-order valence-electron chi connectivity index (χ2n) is 6.05. The molecule has 0 aromatic heterocycles. The smallest absolute Gasteiger partial charge is 0.255 e. The van der Waals surface area contributed by atoms with Crippen molar-refractivity contribution in [2.24, 2.45) is 0 Å². The third kappa shape index (κ3) is 4.82. The highest BCUT2D eigenvalue weighted by Gasteiger charge is 2.14. The molecule has 0 fully saturated rings. The summed E-state index contributed by atoms with van der Waals surface area (Å²) in [5.74, 6) is -0.473. The van der Waals surface area contributed by atoms with E-state index in [1.807, 2.05) is 26.0 Å². The van der Waals surface area contributed by atoms with Gasteiger partial charge in [0, 0.05) is 29.7 Å². The first-order valence-corrected chi connectivity index (χ1v) is 8.71. The lowest BCUT2D eigenvalue weighted by atomic mass is 10.1. The van der Waals surface area contributed by atoms with Gasteiger partial charge in [0.2, 0.25) is 0 Å². The maximum atomic E-state index is 12.2. The SMILES string of the molecule is CC(C)N(C)C(=O)c1ccc(CNC(=O)c2ccc(Br)cc2O)cc1. The highest BCUT2D eigenvalue weighted by atomic mass is 79.9. The van der Waals surface area contributed by atoms with Gasteiger partial charge in [-0.25, -0.2) is 0 Å². The van der Waals surface area contributed by atoms with Crippen LogP contribution in [0.15, 0.2) is 46.9 Å². The number of aromatic hydroxyl groups is 1. The Kier molecular flexibility index (Phi) is 6.20. The molecule has 0 unspecified atom stereocenters. The number of benzene rings is 2. The molecule has 0 saturated heterocycles. The molecular formula is C19H21BrN2O3. The number of rotatable bonds is 5. The van der Waals surface area contributed by atoms with Crippen molar-refractivity contribution in [2.75, 3.05) is 7.05 Å². The van der Waals surface area contributed by atoms with Gasteiger partial charge < -0.3 is 15.3 Å². The zero-order chi connectivity index (χ0) is 18.6. The minimum Gasteiger partial charge on any atom is -0.507 e. The van der Waals surface area contributed by atoms with E-state index < -0.39 is 0 Å². The number of halogens is 1. The van der Waals surface area contributed by atoms with Crippen molar-refractivity contribution in [1.29, 1.82) is 0 Å². The van der Waals surface area contributed by atoms with Crippen LogP contribution in [0, 0.1) is 0 Å².